The first-order valence-corrected chi connectivity index (χ1v) is 12.5. The number of hydrogen-bond donors (Lipinski definition) is 6. The van der Waals surface area contributed by atoms with Gasteiger partial charge in [-0.1, -0.05) is 6.42 Å². The molecule has 3 unspecified atom stereocenters. The summed E-state index contributed by atoms with van der Waals surface area (Å²) in [6.45, 7) is 3.03. The van der Waals surface area contributed by atoms with Crippen molar-refractivity contribution in [1.29, 1.82) is 0 Å². The predicted molar refractivity (Wildman–Crippen MR) is 134 cm³/mol. The van der Waals surface area contributed by atoms with Gasteiger partial charge in [-0.25, -0.2) is 0 Å². The first-order valence-electron chi connectivity index (χ1n) is 12.5. The van der Waals surface area contributed by atoms with E-state index in [-0.39, 0.29) is 28.7 Å². The number of ketones is 2. The number of aliphatic hydroxyl groups excluding tert-OH is 1. The lowest BCUT2D eigenvalue weighted by Crippen LogP contribution is -2.50. The van der Waals surface area contributed by atoms with E-state index in [2.05, 4.69) is 10.6 Å². The van der Waals surface area contributed by atoms with Gasteiger partial charge < -0.3 is 36.0 Å². The molecular weight excluding hydrogens is 464 g/mol. The number of hydrogen-bond acceptors (Lipinski definition) is 10. The molecular formula is C26H36N4O6. The van der Waals surface area contributed by atoms with Crippen molar-refractivity contribution in [3.63, 3.8) is 0 Å². The number of phenolic OH excluding ortho intramolecular Hbond substituents is 2. The van der Waals surface area contributed by atoms with E-state index in [4.69, 9.17) is 0 Å². The number of aliphatic hydroxyl groups is 2. The topological polar surface area (TPSA) is 146 Å². The number of likely N-dealkylation sites (tertiary alicyclic amines) is 1. The number of aromatic hydroxyl groups is 2. The lowest BCUT2D eigenvalue weighted by molar-refractivity contribution is -0.109. The van der Waals surface area contributed by atoms with Crippen LogP contribution in [-0.4, -0.2) is 101 Å². The van der Waals surface area contributed by atoms with E-state index in [0.717, 1.165) is 25.9 Å². The SMILES string of the molecule is CN(C)CCNC1=CC=C(NCCN2CCCCC2C(O)O)C2C(=O)c3c(O)ccc(O)c3C(=O)C12. The summed E-state index contributed by atoms with van der Waals surface area (Å²) >= 11 is 0. The van der Waals surface area contributed by atoms with Gasteiger partial charge in [-0.15, -0.1) is 0 Å². The number of likely N-dealkylation sites (N-methyl/N-ethyl adjacent to an activating group) is 1. The van der Waals surface area contributed by atoms with Crippen molar-refractivity contribution in [2.24, 2.45) is 11.8 Å². The highest BCUT2D eigenvalue weighted by Gasteiger charge is 2.48. The van der Waals surface area contributed by atoms with E-state index >= 15 is 0 Å². The number of benzene rings is 1. The van der Waals surface area contributed by atoms with Gasteiger partial charge in [0.05, 0.1) is 29.0 Å². The number of allylic oxidation sites excluding steroid dienone is 4. The van der Waals surface area contributed by atoms with Crippen molar-refractivity contribution in [3.8, 4) is 11.5 Å². The van der Waals surface area contributed by atoms with Gasteiger partial charge in [0.2, 0.25) is 0 Å². The van der Waals surface area contributed by atoms with Crippen LogP contribution in [0.15, 0.2) is 35.7 Å². The molecule has 36 heavy (non-hydrogen) atoms. The molecule has 1 aromatic carbocycles. The maximum atomic E-state index is 13.7. The highest BCUT2D eigenvalue weighted by Crippen LogP contribution is 2.44. The molecule has 1 saturated heterocycles. The van der Waals surface area contributed by atoms with Crippen molar-refractivity contribution in [1.82, 2.24) is 20.4 Å². The minimum atomic E-state index is -1.41. The minimum absolute atomic E-state index is 0.143. The van der Waals surface area contributed by atoms with Gasteiger partial charge in [-0.05, 0) is 57.8 Å². The number of rotatable bonds is 9. The van der Waals surface area contributed by atoms with E-state index in [9.17, 15) is 30.0 Å². The first kappa shape index (κ1) is 26.2. The fourth-order valence-corrected chi connectivity index (χ4v) is 5.46. The Hall–Kier alpha value is -2.92. The standard InChI is InChI=1S/C26H36N4O6/c1-29(2)13-10-27-15-6-7-16(28-11-14-30-12-4-3-5-17(30)26(35)36)21-20(15)24(33)22-18(31)8-9-19(32)23(22)25(21)34/h6-9,17,20-21,26-28,31-32,35-36H,3-5,10-14H2,1-2H3. The zero-order chi connectivity index (χ0) is 26.0. The van der Waals surface area contributed by atoms with E-state index in [1.807, 2.05) is 23.9 Å². The molecule has 3 aliphatic rings. The fraction of sp³-hybridized carbons (Fsp3) is 0.538. The molecule has 0 saturated carbocycles. The van der Waals surface area contributed by atoms with Crippen molar-refractivity contribution >= 4 is 11.6 Å². The average molecular weight is 501 g/mol. The van der Waals surface area contributed by atoms with Gasteiger partial charge >= 0.3 is 0 Å². The molecule has 2 aliphatic carbocycles. The third kappa shape index (κ3) is 5.12. The quantitative estimate of drug-likeness (QED) is 0.208. The second kappa shape index (κ2) is 11.0. The molecule has 1 aliphatic heterocycles. The van der Waals surface area contributed by atoms with Crippen LogP contribution < -0.4 is 10.6 Å². The van der Waals surface area contributed by atoms with Crippen LogP contribution in [-0.2, 0) is 0 Å². The van der Waals surface area contributed by atoms with E-state index in [1.165, 1.54) is 12.1 Å². The molecule has 10 nitrogen and oxygen atoms in total. The van der Waals surface area contributed by atoms with E-state index in [0.29, 0.717) is 37.4 Å². The highest BCUT2D eigenvalue weighted by molar-refractivity contribution is 6.20. The summed E-state index contributed by atoms with van der Waals surface area (Å²) < 4.78 is 0. The zero-order valence-corrected chi connectivity index (χ0v) is 20.8. The Morgan fingerprint density at radius 1 is 0.944 bits per heavy atom. The Kier molecular flexibility index (Phi) is 7.99. The number of carbonyl (C=O) groups is 2. The van der Waals surface area contributed by atoms with Crippen LogP contribution in [0.1, 0.15) is 40.0 Å². The van der Waals surface area contributed by atoms with Crippen LogP contribution in [0.2, 0.25) is 0 Å². The highest BCUT2D eigenvalue weighted by atomic mass is 16.5. The van der Waals surface area contributed by atoms with Crippen molar-refractivity contribution < 1.29 is 30.0 Å². The molecule has 1 fully saturated rings. The van der Waals surface area contributed by atoms with Crippen LogP contribution >= 0.6 is 0 Å². The Morgan fingerprint density at radius 3 is 2.03 bits per heavy atom. The third-order valence-corrected chi connectivity index (χ3v) is 7.29. The van der Waals surface area contributed by atoms with Crippen LogP contribution in [0.4, 0.5) is 0 Å². The third-order valence-electron chi connectivity index (χ3n) is 7.29. The van der Waals surface area contributed by atoms with Gasteiger partial charge in [0.25, 0.3) is 0 Å². The Bertz CT molecular complexity index is 1070. The van der Waals surface area contributed by atoms with Crippen LogP contribution in [0.3, 0.4) is 0 Å². The van der Waals surface area contributed by atoms with Crippen molar-refractivity contribution in [2.45, 2.75) is 31.6 Å². The number of Topliss-reactive ketones (excluding diaryl/α,β-unsaturated/α-hetero) is 2. The summed E-state index contributed by atoms with van der Waals surface area (Å²) in [7, 11) is 3.88. The summed E-state index contributed by atoms with van der Waals surface area (Å²) in [5.74, 6) is -3.22. The van der Waals surface area contributed by atoms with E-state index in [1.54, 1.807) is 12.2 Å². The smallest absolute Gasteiger partial charge is 0.177 e. The summed E-state index contributed by atoms with van der Waals surface area (Å²) in [5.41, 5.74) is 0.862. The molecule has 1 heterocycles. The average Bonchev–Trinajstić information content (AvgIpc) is 2.84. The predicted octanol–water partition coefficient (Wildman–Crippen LogP) is 0.397. The molecule has 3 atom stereocenters. The maximum absolute atomic E-state index is 13.7. The first-order chi connectivity index (χ1) is 17.2. The second-order valence-electron chi connectivity index (χ2n) is 9.95. The molecule has 0 spiro atoms. The molecule has 1 aromatic rings. The number of piperidine rings is 1. The molecule has 0 amide bonds. The lowest BCUT2D eigenvalue weighted by Gasteiger charge is -2.38. The molecule has 196 valence electrons. The van der Waals surface area contributed by atoms with Crippen molar-refractivity contribution in [2.75, 3.05) is 46.8 Å². The van der Waals surface area contributed by atoms with Gasteiger partial charge in [0.15, 0.2) is 17.9 Å². The Labute approximate surface area is 210 Å². The van der Waals surface area contributed by atoms with Crippen molar-refractivity contribution in [3.05, 3.63) is 46.8 Å². The summed E-state index contributed by atoms with van der Waals surface area (Å²) in [5, 5.41) is 46.9. The van der Waals surface area contributed by atoms with Crippen LogP contribution in [0.5, 0.6) is 11.5 Å². The maximum Gasteiger partial charge on any atom is 0.177 e. The molecule has 4 rings (SSSR count). The minimum Gasteiger partial charge on any atom is -0.507 e. The summed E-state index contributed by atoms with van der Waals surface area (Å²) in [6.07, 6.45) is 4.80. The monoisotopic (exact) mass is 500 g/mol. The fourth-order valence-electron chi connectivity index (χ4n) is 5.46. The number of nitrogens with one attached hydrogen (secondary N) is 2. The Balaban J connectivity index is 1.59. The van der Waals surface area contributed by atoms with Gasteiger partial charge in [-0.3, -0.25) is 14.5 Å². The lowest BCUT2D eigenvalue weighted by atomic mass is 9.68. The number of phenols is 2. The van der Waals surface area contributed by atoms with Crippen LogP contribution in [0.25, 0.3) is 0 Å². The number of carbonyl (C=O) groups excluding carboxylic acids is 2. The summed E-state index contributed by atoms with van der Waals surface area (Å²) in [4.78, 5) is 31.3. The van der Waals surface area contributed by atoms with E-state index < -0.39 is 29.7 Å². The zero-order valence-electron chi connectivity index (χ0n) is 20.8. The Morgan fingerprint density at radius 2 is 1.50 bits per heavy atom. The normalized spacial score (nSPS) is 24.3. The molecule has 0 aromatic heterocycles. The number of fused-ring (bicyclic) bond motifs is 2. The summed E-state index contributed by atoms with van der Waals surface area (Å²) in [6, 6.07) is 2.12. The van der Waals surface area contributed by atoms with Gasteiger partial charge in [0, 0.05) is 37.6 Å². The second-order valence-corrected chi connectivity index (χ2v) is 9.95. The van der Waals surface area contributed by atoms with Gasteiger partial charge in [0.1, 0.15) is 11.5 Å². The molecule has 0 radical (unpaired) electrons. The van der Waals surface area contributed by atoms with Gasteiger partial charge in [-0.2, -0.15) is 0 Å². The molecule has 0 bridgehead atoms. The molecule has 6 N–H and O–H groups in total. The largest absolute Gasteiger partial charge is 0.507 e. The number of nitrogens with zero attached hydrogens (tertiary/aromatic N) is 2. The molecule has 10 heteroatoms. The van der Waals surface area contributed by atoms with Crippen LogP contribution in [0, 0.1) is 11.8 Å².